The lowest BCUT2D eigenvalue weighted by molar-refractivity contribution is -0.141. The van der Waals surface area contributed by atoms with Crippen LogP contribution >= 0.6 is 11.6 Å². The van der Waals surface area contributed by atoms with Crippen LogP contribution in [0.25, 0.3) is 0 Å². The molecule has 1 rings (SSSR count). The van der Waals surface area contributed by atoms with E-state index in [0.717, 1.165) is 5.69 Å². The predicted octanol–water partition coefficient (Wildman–Crippen LogP) is 1.50. The molecule has 0 amide bonds. The van der Waals surface area contributed by atoms with E-state index >= 15 is 0 Å². The molecule has 0 saturated heterocycles. The van der Waals surface area contributed by atoms with Crippen LogP contribution in [-0.2, 0) is 22.6 Å². The summed E-state index contributed by atoms with van der Waals surface area (Å²) in [5, 5.41) is 3.68. The molecular weight excluding hydrogens is 228 g/mol. The van der Waals surface area contributed by atoms with Crippen molar-refractivity contribution < 1.29 is 9.53 Å². The van der Waals surface area contributed by atoms with Crippen molar-refractivity contribution in [3.05, 3.63) is 35.6 Å². The predicted molar refractivity (Wildman–Crippen MR) is 63.1 cm³/mol. The van der Waals surface area contributed by atoms with Gasteiger partial charge in [-0.15, -0.1) is 0 Å². The summed E-state index contributed by atoms with van der Waals surface area (Å²) >= 11 is 5.63. The minimum absolute atomic E-state index is 0.225. The first-order valence-corrected chi connectivity index (χ1v) is 5.26. The number of esters is 1. The van der Waals surface area contributed by atoms with Crippen LogP contribution in [-0.4, -0.2) is 24.2 Å². The van der Waals surface area contributed by atoms with Crippen LogP contribution in [0.4, 0.5) is 0 Å². The molecule has 16 heavy (non-hydrogen) atoms. The lowest BCUT2D eigenvalue weighted by atomic mass is 10.4. The topological polar surface area (TPSA) is 43.3 Å². The number of hydrogen-bond donors (Lipinski definition) is 1. The molecule has 0 aliphatic heterocycles. The largest absolute Gasteiger partial charge is 0.468 e. The molecule has 5 heteroatoms. The quantitative estimate of drug-likeness (QED) is 0.769. The maximum Gasteiger partial charge on any atom is 0.325 e. The van der Waals surface area contributed by atoms with E-state index < -0.39 is 0 Å². The van der Waals surface area contributed by atoms with Crippen molar-refractivity contribution in [3.8, 4) is 0 Å². The fourth-order valence-electron chi connectivity index (χ4n) is 1.29. The van der Waals surface area contributed by atoms with Gasteiger partial charge in [0.1, 0.15) is 6.54 Å². The van der Waals surface area contributed by atoms with Crippen molar-refractivity contribution in [3.63, 3.8) is 0 Å². The average molecular weight is 243 g/mol. The summed E-state index contributed by atoms with van der Waals surface area (Å²) in [6, 6.07) is 3.82. The lowest BCUT2D eigenvalue weighted by Gasteiger charge is -2.08. The van der Waals surface area contributed by atoms with Gasteiger partial charge in [0.25, 0.3) is 0 Å². The average Bonchev–Trinajstić information content (AvgIpc) is 2.65. The second kappa shape index (κ2) is 6.35. The Balaban J connectivity index is 2.50. The fourth-order valence-corrected chi connectivity index (χ4v) is 1.39. The number of nitrogens with one attached hydrogen (secondary N) is 1. The summed E-state index contributed by atoms with van der Waals surface area (Å²) in [4.78, 5) is 11.1. The van der Waals surface area contributed by atoms with Crippen LogP contribution in [0, 0.1) is 0 Å². The molecule has 0 atom stereocenters. The Morgan fingerprint density at radius 2 is 2.44 bits per heavy atom. The van der Waals surface area contributed by atoms with E-state index in [-0.39, 0.29) is 12.5 Å². The zero-order chi connectivity index (χ0) is 12.0. The molecule has 0 aromatic carbocycles. The number of nitrogens with zero attached hydrogens (tertiary/aromatic N) is 1. The van der Waals surface area contributed by atoms with E-state index in [2.05, 4.69) is 16.6 Å². The summed E-state index contributed by atoms with van der Waals surface area (Å²) in [6.07, 6.45) is 1.84. The summed E-state index contributed by atoms with van der Waals surface area (Å²) < 4.78 is 6.44. The first kappa shape index (κ1) is 12.8. The Morgan fingerprint density at radius 3 is 3.06 bits per heavy atom. The number of rotatable bonds is 6. The van der Waals surface area contributed by atoms with Crippen molar-refractivity contribution in [2.45, 2.75) is 13.1 Å². The van der Waals surface area contributed by atoms with Gasteiger partial charge in [-0.05, 0) is 12.1 Å². The monoisotopic (exact) mass is 242 g/mol. The molecule has 1 N–H and O–H groups in total. The lowest BCUT2D eigenvalue weighted by Crippen LogP contribution is -2.19. The van der Waals surface area contributed by atoms with Gasteiger partial charge in [-0.25, -0.2) is 0 Å². The zero-order valence-corrected chi connectivity index (χ0v) is 9.96. The highest BCUT2D eigenvalue weighted by molar-refractivity contribution is 6.29. The fraction of sp³-hybridized carbons (Fsp3) is 0.364. The zero-order valence-electron chi connectivity index (χ0n) is 9.20. The molecule has 0 fully saturated rings. The highest BCUT2D eigenvalue weighted by Crippen LogP contribution is 2.03. The number of carbonyl (C=O) groups excluding carboxylic acids is 1. The molecule has 1 aromatic heterocycles. The summed E-state index contributed by atoms with van der Waals surface area (Å²) in [5.41, 5.74) is 1.00. The van der Waals surface area contributed by atoms with Crippen LogP contribution < -0.4 is 5.32 Å². The maximum atomic E-state index is 11.1. The molecular formula is C11H15ClN2O2. The second-order valence-electron chi connectivity index (χ2n) is 3.32. The number of carbonyl (C=O) groups is 1. The van der Waals surface area contributed by atoms with E-state index in [1.54, 1.807) is 0 Å². The van der Waals surface area contributed by atoms with Crippen LogP contribution in [0.2, 0.25) is 0 Å². The van der Waals surface area contributed by atoms with E-state index in [4.69, 9.17) is 11.6 Å². The Kier molecular flexibility index (Phi) is 5.08. The molecule has 0 saturated carbocycles. The van der Waals surface area contributed by atoms with E-state index in [1.807, 2.05) is 22.9 Å². The molecule has 4 nitrogen and oxygen atoms in total. The number of aromatic nitrogens is 1. The summed E-state index contributed by atoms with van der Waals surface area (Å²) in [7, 11) is 1.38. The van der Waals surface area contributed by atoms with E-state index in [1.165, 1.54) is 7.11 Å². The molecule has 0 aliphatic rings. The van der Waals surface area contributed by atoms with Gasteiger partial charge in [-0.1, -0.05) is 18.2 Å². The van der Waals surface area contributed by atoms with E-state index in [0.29, 0.717) is 18.1 Å². The SMILES string of the molecule is C=C(Cl)CNCc1cccn1CC(=O)OC. The van der Waals surface area contributed by atoms with Gasteiger partial charge in [0.2, 0.25) is 0 Å². The third kappa shape index (κ3) is 4.08. The smallest absolute Gasteiger partial charge is 0.325 e. The number of methoxy groups -OCH3 is 1. The van der Waals surface area contributed by atoms with Crippen LogP contribution in [0.15, 0.2) is 29.9 Å². The van der Waals surface area contributed by atoms with Crippen LogP contribution in [0.1, 0.15) is 5.69 Å². The molecule has 0 unspecified atom stereocenters. The third-order valence-electron chi connectivity index (χ3n) is 2.07. The van der Waals surface area contributed by atoms with Gasteiger partial charge >= 0.3 is 5.97 Å². The third-order valence-corrected chi connectivity index (χ3v) is 2.21. The number of ether oxygens (including phenoxy) is 1. The van der Waals surface area contributed by atoms with Gasteiger partial charge in [0.15, 0.2) is 0 Å². The highest BCUT2D eigenvalue weighted by Gasteiger charge is 2.05. The van der Waals surface area contributed by atoms with E-state index in [9.17, 15) is 4.79 Å². The molecule has 0 bridgehead atoms. The highest BCUT2D eigenvalue weighted by atomic mass is 35.5. The van der Waals surface area contributed by atoms with Gasteiger partial charge in [0, 0.05) is 30.0 Å². The first-order chi connectivity index (χ1) is 7.63. The van der Waals surface area contributed by atoms with Crippen molar-refractivity contribution >= 4 is 17.6 Å². The van der Waals surface area contributed by atoms with Gasteiger partial charge in [0.05, 0.1) is 7.11 Å². The Hall–Kier alpha value is -1.26. The Labute approximate surface area is 99.8 Å². The summed E-state index contributed by atoms with van der Waals surface area (Å²) in [5.74, 6) is -0.265. The molecule has 1 aromatic rings. The molecule has 88 valence electrons. The number of hydrogen-bond acceptors (Lipinski definition) is 3. The Morgan fingerprint density at radius 1 is 1.69 bits per heavy atom. The van der Waals surface area contributed by atoms with Gasteiger partial charge in [-0.3, -0.25) is 4.79 Å². The van der Waals surface area contributed by atoms with Gasteiger partial charge < -0.3 is 14.6 Å². The summed E-state index contributed by atoms with van der Waals surface area (Å²) in [6.45, 7) is 4.99. The first-order valence-electron chi connectivity index (χ1n) is 4.88. The molecule has 0 aliphatic carbocycles. The van der Waals surface area contributed by atoms with Crippen LogP contribution in [0.5, 0.6) is 0 Å². The number of halogens is 1. The van der Waals surface area contributed by atoms with Crippen molar-refractivity contribution in [2.75, 3.05) is 13.7 Å². The minimum Gasteiger partial charge on any atom is -0.468 e. The van der Waals surface area contributed by atoms with Crippen LogP contribution in [0.3, 0.4) is 0 Å². The standard InChI is InChI=1S/C11H15ClN2O2/c1-9(12)6-13-7-10-4-3-5-14(10)8-11(15)16-2/h3-5,13H,1,6-8H2,2H3. The van der Waals surface area contributed by atoms with Gasteiger partial charge in [-0.2, -0.15) is 0 Å². The molecule has 0 radical (unpaired) electrons. The molecule has 0 spiro atoms. The molecule has 1 heterocycles. The normalized spacial score (nSPS) is 10.1. The van der Waals surface area contributed by atoms with Crippen molar-refractivity contribution in [2.24, 2.45) is 0 Å². The van der Waals surface area contributed by atoms with Crippen molar-refractivity contribution in [1.82, 2.24) is 9.88 Å². The Bertz CT molecular complexity index is 374. The maximum absolute atomic E-state index is 11.1. The van der Waals surface area contributed by atoms with Crippen molar-refractivity contribution in [1.29, 1.82) is 0 Å². The minimum atomic E-state index is -0.265. The second-order valence-corrected chi connectivity index (χ2v) is 3.86.